The zero-order valence-corrected chi connectivity index (χ0v) is 15.6. The molecule has 25 heavy (non-hydrogen) atoms. The van der Waals surface area contributed by atoms with Crippen molar-refractivity contribution in [1.29, 1.82) is 0 Å². The molecule has 7 heteroatoms. The van der Waals surface area contributed by atoms with E-state index in [-0.39, 0.29) is 11.5 Å². The molecule has 1 aromatic heterocycles. The van der Waals surface area contributed by atoms with Crippen molar-refractivity contribution in [2.75, 3.05) is 46.1 Å². The van der Waals surface area contributed by atoms with Gasteiger partial charge in [0.05, 0.1) is 24.7 Å². The van der Waals surface area contributed by atoms with E-state index in [9.17, 15) is 4.79 Å². The van der Waals surface area contributed by atoms with Crippen molar-refractivity contribution < 1.29 is 19.0 Å². The number of carbonyl (C=O) groups excluding carboxylic acids is 1. The van der Waals surface area contributed by atoms with E-state index in [0.29, 0.717) is 30.6 Å². The quantitative estimate of drug-likeness (QED) is 0.799. The first-order chi connectivity index (χ1) is 12.2. The van der Waals surface area contributed by atoms with Crippen LogP contribution in [0.5, 0.6) is 0 Å². The van der Waals surface area contributed by atoms with Crippen LogP contribution in [0.25, 0.3) is 0 Å². The highest BCUT2D eigenvalue weighted by Gasteiger charge is 2.54. The molecule has 3 aliphatic rings. The molecule has 1 aromatic rings. The van der Waals surface area contributed by atoms with Crippen LogP contribution < -0.4 is 0 Å². The van der Waals surface area contributed by atoms with Gasteiger partial charge in [-0.2, -0.15) is 0 Å². The zero-order chi connectivity index (χ0) is 17.3. The standard InChI is InChI=1S/C18H26N2O4S/c1-13-19-16(10-25-13)17(21)20-11-18(12-20)15(4-7-24-18)9-23-8-14-2-5-22-6-3-14/h10,14-15H,2-9,11-12H2,1H3. The predicted molar refractivity (Wildman–Crippen MR) is 93.9 cm³/mol. The summed E-state index contributed by atoms with van der Waals surface area (Å²) in [6.07, 6.45) is 3.22. The van der Waals surface area contributed by atoms with Gasteiger partial charge in [-0.3, -0.25) is 4.79 Å². The number of aromatic nitrogens is 1. The van der Waals surface area contributed by atoms with Crippen molar-refractivity contribution in [2.45, 2.75) is 31.8 Å². The van der Waals surface area contributed by atoms with E-state index in [2.05, 4.69) is 4.98 Å². The minimum atomic E-state index is -0.198. The van der Waals surface area contributed by atoms with E-state index in [1.54, 1.807) is 0 Å². The molecule has 1 atom stereocenters. The maximum Gasteiger partial charge on any atom is 0.273 e. The average molecular weight is 366 g/mol. The van der Waals surface area contributed by atoms with Crippen molar-refractivity contribution in [3.63, 3.8) is 0 Å². The van der Waals surface area contributed by atoms with Gasteiger partial charge in [-0.15, -0.1) is 11.3 Å². The first kappa shape index (κ1) is 17.4. The zero-order valence-electron chi connectivity index (χ0n) is 14.7. The summed E-state index contributed by atoms with van der Waals surface area (Å²) in [6.45, 7) is 7.27. The predicted octanol–water partition coefficient (Wildman–Crippen LogP) is 2.13. The lowest BCUT2D eigenvalue weighted by molar-refractivity contribution is -0.130. The topological polar surface area (TPSA) is 60.9 Å². The van der Waals surface area contributed by atoms with Crippen LogP contribution in [0.4, 0.5) is 0 Å². The molecule has 1 spiro atoms. The number of aryl methyl sites for hydroxylation is 1. The van der Waals surface area contributed by atoms with Crippen LogP contribution in [0, 0.1) is 18.8 Å². The Kier molecular flexibility index (Phi) is 5.08. The minimum Gasteiger partial charge on any atom is -0.381 e. The summed E-state index contributed by atoms with van der Waals surface area (Å²) in [7, 11) is 0. The Bertz CT molecular complexity index is 608. The summed E-state index contributed by atoms with van der Waals surface area (Å²) in [4.78, 5) is 18.6. The molecule has 0 N–H and O–H groups in total. The SMILES string of the molecule is Cc1nc(C(=O)N2CC3(C2)OCCC3COCC2CCOCC2)cs1. The molecule has 4 rings (SSSR count). The van der Waals surface area contributed by atoms with Crippen molar-refractivity contribution >= 4 is 17.2 Å². The van der Waals surface area contributed by atoms with Gasteiger partial charge in [-0.25, -0.2) is 4.98 Å². The van der Waals surface area contributed by atoms with E-state index in [1.165, 1.54) is 11.3 Å². The van der Waals surface area contributed by atoms with Gasteiger partial charge in [0.2, 0.25) is 0 Å². The van der Waals surface area contributed by atoms with Crippen LogP contribution in [0.3, 0.4) is 0 Å². The molecule has 0 aromatic carbocycles. The lowest BCUT2D eigenvalue weighted by atomic mass is 9.81. The van der Waals surface area contributed by atoms with Gasteiger partial charge in [0.1, 0.15) is 11.3 Å². The number of ether oxygens (including phenoxy) is 3. The van der Waals surface area contributed by atoms with Crippen molar-refractivity contribution in [3.8, 4) is 0 Å². The highest BCUT2D eigenvalue weighted by atomic mass is 32.1. The second kappa shape index (κ2) is 7.31. The molecule has 4 heterocycles. The summed E-state index contributed by atoms with van der Waals surface area (Å²) in [5.74, 6) is 1.03. The number of hydrogen-bond acceptors (Lipinski definition) is 6. The number of nitrogens with zero attached hydrogens (tertiary/aromatic N) is 2. The van der Waals surface area contributed by atoms with Crippen molar-refractivity contribution in [2.24, 2.45) is 11.8 Å². The van der Waals surface area contributed by atoms with Gasteiger partial charge in [-0.05, 0) is 32.1 Å². The minimum absolute atomic E-state index is 0.0207. The Labute approximate surface area is 152 Å². The second-order valence-electron chi connectivity index (χ2n) is 7.41. The maximum absolute atomic E-state index is 12.5. The average Bonchev–Trinajstić information content (AvgIpc) is 3.20. The van der Waals surface area contributed by atoms with E-state index in [0.717, 1.165) is 57.3 Å². The largest absolute Gasteiger partial charge is 0.381 e. The molecule has 3 saturated heterocycles. The molecule has 3 fully saturated rings. The third kappa shape index (κ3) is 3.60. The monoisotopic (exact) mass is 366 g/mol. The molecule has 1 unspecified atom stereocenters. The van der Waals surface area contributed by atoms with Gasteiger partial charge in [-0.1, -0.05) is 0 Å². The fourth-order valence-corrected chi connectivity index (χ4v) is 4.61. The summed E-state index contributed by atoms with van der Waals surface area (Å²) < 4.78 is 17.5. The number of rotatable bonds is 5. The van der Waals surface area contributed by atoms with Crippen LogP contribution in [0.1, 0.15) is 34.8 Å². The maximum atomic E-state index is 12.5. The normalized spacial score (nSPS) is 26.1. The molecule has 0 aliphatic carbocycles. The van der Waals surface area contributed by atoms with Crippen LogP contribution in [-0.2, 0) is 14.2 Å². The summed E-state index contributed by atoms with van der Waals surface area (Å²) in [5.41, 5.74) is 0.360. The molecule has 0 saturated carbocycles. The fraction of sp³-hybridized carbons (Fsp3) is 0.778. The van der Waals surface area contributed by atoms with Crippen LogP contribution >= 0.6 is 11.3 Å². The van der Waals surface area contributed by atoms with Gasteiger partial charge < -0.3 is 19.1 Å². The number of amides is 1. The summed E-state index contributed by atoms with van der Waals surface area (Å²) in [6, 6.07) is 0. The summed E-state index contributed by atoms with van der Waals surface area (Å²) >= 11 is 1.51. The smallest absolute Gasteiger partial charge is 0.273 e. The molecule has 138 valence electrons. The van der Waals surface area contributed by atoms with E-state index in [1.807, 2.05) is 17.2 Å². The molecular weight excluding hydrogens is 340 g/mol. The van der Waals surface area contributed by atoms with E-state index < -0.39 is 0 Å². The Morgan fingerprint density at radius 1 is 1.32 bits per heavy atom. The second-order valence-corrected chi connectivity index (χ2v) is 8.47. The molecule has 3 aliphatic heterocycles. The van der Waals surface area contributed by atoms with Gasteiger partial charge >= 0.3 is 0 Å². The van der Waals surface area contributed by atoms with Gasteiger partial charge in [0, 0.05) is 37.7 Å². The number of carbonyl (C=O) groups is 1. The first-order valence-electron chi connectivity index (χ1n) is 9.17. The number of likely N-dealkylation sites (tertiary alicyclic amines) is 1. The van der Waals surface area contributed by atoms with E-state index in [4.69, 9.17) is 14.2 Å². The lowest BCUT2D eigenvalue weighted by Crippen LogP contribution is -2.66. The van der Waals surface area contributed by atoms with Crippen LogP contribution in [-0.4, -0.2) is 67.5 Å². The highest BCUT2D eigenvalue weighted by molar-refractivity contribution is 7.09. The summed E-state index contributed by atoms with van der Waals surface area (Å²) in [5, 5.41) is 2.77. The van der Waals surface area contributed by atoms with Crippen molar-refractivity contribution in [1.82, 2.24) is 9.88 Å². The molecule has 6 nitrogen and oxygen atoms in total. The molecule has 0 bridgehead atoms. The lowest BCUT2D eigenvalue weighted by Gasteiger charge is -2.50. The third-order valence-electron chi connectivity index (χ3n) is 5.66. The third-order valence-corrected chi connectivity index (χ3v) is 6.43. The first-order valence-corrected chi connectivity index (χ1v) is 10.1. The Hall–Kier alpha value is -1.02. The van der Waals surface area contributed by atoms with Crippen LogP contribution in [0.15, 0.2) is 5.38 Å². The van der Waals surface area contributed by atoms with Gasteiger partial charge in [0.25, 0.3) is 5.91 Å². The number of hydrogen-bond donors (Lipinski definition) is 0. The Morgan fingerprint density at radius 2 is 2.12 bits per heavy atom. The Balaban J connectivity index is 1.26. The molecule has 1 amide bonds. The van der Waals surface area contributed by atoms with E-state index >= 15 is 0 Å². The fourth-order valence-electron chi connectivity index (χ4n) is 4.03. The van der Waals surface area contributed by atoms with Crippen molar-refractivity contribution in [3.05, 3.63) is 16.1 Å². The highest BCUT2D eigenvalue weighted by Crippen LogP contribution is 2.40. The Morgan fingerprint density at radius 3 is 2.84 bits per heavy atom. The number of thiazole rings is 1. The molecular formula is C18H26N2O4S. The molecule has 0 radical (unpaired) electrons. The van der Waals surface area contributed by atoms with Gasteiger partial charge in [0.15, 0.2) is 0 Å². The van der Waals surface area contributed by atoms with Crippen LogP contribution in [0.2, 0.25) is 0 Å².